The number of ether oxygens (including phenoxy) is 2. The average molecular weight is 759 g/mol. The van der Waals surface area contributed by atoms with Gasteiger partial charge in [-0.3, -0.25) is 19.6 Å². The van der Waals surface area contributed by atoms with Crippen LogP contribution in [0.5, 0.6) is 0 Å². The maximum absolute atomic E-state index is 14.8. The Hall–Kier alpha value is -5.87. The zero-order chi connectivity index (χ0) is 39.4. The summed E-state index contributed by atoms with van der Waals surface area (Å²) in [6.07, 6.45) is 7.69. The van der Waals surface area contributed by atoms with E-state index in [2.05, 4.69) is 35.6 Å². The number of nitrogens with one attached hydrogen (secondary N) is 4. The van der Waals surface area contributed by atoms with Gasteiger partial charge in [0.15, 0.2) is 0 Å². The van der Waals surface area contributed by atoms with Crippen molar-refractivity contribution in [3.05, 3.63) is 59.8 Å². The number of fused-ring (bicyclic) bond motifs is 1. The lowest BCUT2D eigenvalue weighted by molar-refractivity contribution is -0.136. The van der Waals surface area contributed by atoms with Crippen molar-refractivity contribution in [1.82, 2.24) is 50.3 Å². The number of benzene rings is 1. The molecule has 0 radical (unpaired) electrons. The third-order valence-corrected chi connectivity index (χ3v) is 10.00. The number of hydrogen-bond donors (Lipinski definition) is 4. The van der Waals surface area contributed by atoms with Crippen LogP contribution in [-0.4, -0.2) is 109 Å². The molecule has 0 aliphatic carbocycles. The quantitative estimate of drug-likeness (QED) is 0.162. The lowest BCUT2D eigenvalue weighted by atomic mass is 10.0. The van der Waals surface area contributed by atoms with Crippen LogP contribution in [0.25, 0.3) is 34.4 Å². The molecule has 2 fully saturated rings. The van der Waals surface area contributed by atoms with Gasteiger partial charge in [0.25, 0.3) is 0 Å². The molecule has 1 aromatic carbocycles. The number of alkyl halides is 1. The summed E-state index contributed by atoms with van der Waals surface area (Å²) in [6, 6.07) is 3.11. The summed E-state index contributed by atoms with van der Waals surface area (Å²) < 4.78 is 24.2. The maximum Gasteiger partial charge on any atom is 0.407 e. The van der Waals surface area contributed by atoms with E-state index in [0.717, 1.165) is 24.1 Å². The van der Waals surface area contributed by atoms with Gasteiger partial charge in [0, 0.05) is 18.5 Å². The first-order valence-corrected chi connectivity index (χ1v) is 18.4. The standard InChI is InChI=1S/C38H47FN10O6/c1-20(2)31(46-37(52)54-5)35(50)48-13-7-8-29(48)33-42-17-25(43-33)11-10-24-16-41-28(18-40-24)22-9-12-26-27(14-22)45-34(44-26)30-15-23(39)19-49(30)36(51)32(21(3)4)47-38(53)55-6/h9-12,14,16-18,20-21,23,29-32H,7-8,13,15,19H2,1-6H3,(H,42,43)(H,44,45)(H,46,52)(H,47,53)/b11-10+. The molecule has 17 heteroatoms. The molecule has 55 heavy (non-hydrogen) atoms. The lowest BCUT2D eigenvalue weighted by Gasteiger charge is -2.29. The number of imidazole rings is 2. The third kappa shape index (κ3) is 8.60. The number of alkyl carbamates (subject to hydrolysis) is 2. The van der Waals surface area contributed by atoms with E-state index in [-0.39, 0.29) is 36.8 Å². The predicted octanol–water partition coefficient (Wildman–Crippen LogP) is 4.95. The van der Waals surface area contributed by atoms with Crippen LogP contribution in [0.1, 0.15) is 82.1 Å². The van der Waals surface area contributed by atoms with Crippen molar-refractivity contribution < 1.29 is 33.0 Å². The maximum atomic E-state index is 14.8. The Kier molecular flexibility index (Phi) is 11.8. The topological polar surface area (TPSA) is 200 Å². The van der Waals surface area contributed by atoms with Crippen molar-refractivity contribution in [1.29, 1.82) is 0 Å². The van der Waals surface area contributed by atoms with Crippen molar-refractivity contribution in [2.24, 2.45) is 11.8 Å². The summed E-state index contributed by atoms with van der Waals surface area (Å²) in [7, 11) is 2.49. The highest BCUT2D eigenvalue weighted by atomic mass is 19.1. The van der Waals surface area contributed by atoms with Crippen LogP contribution in [0.4, 0.5) is 14.0 Å². The molecule has 3 aromatic heterocycles. The first-order chi connectivity index (χ1) is 26.4. The van der Waals surface area contributed by atoms with Gasteiger partial charge in [-0.2, -0.15) is 0 Å². The van der Waals surface area contributed by atoms with Gasteiger partial charge in [-0.05, 0) is 49.0 Å². The number of H-pyrrole nitrogens is 2. The fraction of sp³-hybridized carbons (Fsp3) is 0.474. The van der Waals surface area contributed by atoms with Crippen LogP contribution < -0.4 is 10.6 Å². The number of amides is 4. The fourth-order valence-electron chi connectivity index (χ4n) is 7.06. The molecular formula is C38H47FN10O6. The number of halogens is 1. The molecule has 5 unspecified atom stereocenters. The van der Waals surface area contributed by atoms with Crippen LogP contribution in [0.15, 0.2) is 36.8 Å². The minimum atomic E-state index is -1.24. The van der Waals surface area contributed by atoms with E-state index in [9.17, 15) is 23.6 Å². The molecule has 16 nitrogen and oxygen atoms in total. The van der Waals surface area contributed by atoms with E-state index in [1.165, 1.54) is 19.1 Å². The summed E-state index contributed by atoms with van der Waals surface area (Å²) in [5.41, 5.74) is 4.10. The lowest BCUT2D eigenvalue weighted by Crippen LogP contribution is -2.51. The number of aromatic amines is 2. The molecule has 0 bridgehead atoms. The highest BCUT2D eigenvalue weighted by Gasteiger charge is 2.42. The molecule has 2 aliphatic heterocycles. The number of nitrogens with zero attached hydrogens (tertiary/aromatic N) is 6. The van der Waals surface area contributed by atoms with Gasteiger partial charge in [0.1, 0.15) is 29.9 Å². The van der Waals surface area contributed by atoms with Gasteiger partial charge < -0.3 is 39.9 Å². The molecule has 6 rings (SSSR count). The van der Waals surface area contributed by atoms with Crippen molar-refractivity contribution in [2.75, 3.05) is 27.3 Å². The summed E-state index contributed by atoms with van der Waals surface area (Å²) >= 11 is 0. The minimum absolute atomic E-state index is 0.0788. The number of methoxy groups -OCH3 is 2. The normalized spacial score (nSPS) is 19.7. The van der Waals surface area contributed by atoms with Crippen LogP contribution in [-0.2, 0) is 19.1 Å². The van der Waals surface area contributed by atoms with Gasteiger partial charge in [0.05, 0.1) is 79.6 Å². The second-order valence-electron chi connectivity index (χ2n) is 14.5. The Morgan fingerprint density at radius 3 is 2.18 bits per heavy atom. The zero-order valence-electron chi connectivity index (χ0n) is 31.7. The number of hydrogen-bond acceptors (Lipinski definition) is 10. The first-order valence-electron chi connectivity index (χ1n) is 18.4. The molecule has 4 amide bonds. The SMILES string of the molecule is COC(=O)NC(C(=O)N1CCCC1c1ncc(/C=C/c2cnc(-c3ccc4nc(C5CC(F)CN5C(=O)C(NC(=O)OC)C(C)C)[nH]c4c3)cn2)[nH]1)C(C)C. The monoisotopic (exact) mass is 758 g/mol. The van der Waals surface area contributed by atoms with Crippen molar-refractivity contribution in [3.63, 3.8) is 0 Å². The van der Waals surface area contributed by atoms with Crippen LogP contribution in [0, 0.1) is 11.8 Å². The van der Waals surface area contributed by atoms with Crippen molar-refractivity contribution >= 4 is 47.2 Å². The molecule has 0 saturated carbocycles. The van der Waals surface area contributed by atoms with E-state index in [4.69, 9.17) is 14.5 Å². The summed E-state index contributed by atoms with van der Waals surface area (Å²) in [5.74, 6) is 0.169. The number of likely N-dealkylation sites (tertiary alicyclic amines) is 2. The van der Waals surface area contributed by atoms with Crippen LogP contribution in [0.3, 0.4) is 0 Å². The third-order valence-electron chi connectivity index (χ3n) is 10.00. The zero-order valence-corrected chi connectivity index (χ0v) is 31.7. The molecule has 5 atom stereocenters. The molecule has 292 valence electrons. The van der Waals surface area contributed by atoms with Crippen LogP contribution in [0.2, 0.25) is 0 Å². The Bertz CT molecular complexity index is 2050. The average Bonchev–Trinajstić information content (AvgIpc) is 4.00. The summed E-state index contributed by atoms with van der Waals surface area (Å²) in [6.45, 7) is 7.81. The van der Waals surface area contributed by atoms with Gasteiger partial charge in [-0.25, -0.2) is 23.9 Å². The smallest absolute Gasteiger partial charge is 0.407 e. The number of carbonyl (C=O) groups excluding carboxylic acids is 4. The predicted molar refractivity (Wildman–Crippen MR) is 201 cm³/mol. The number of aromatic nitrogens is 6. The highest BCUT2D eigenvalue weighted by molar-refractivity contribution is 5.87. The van der Waals surface area contributed by atoms with Gasteiger partial charge in [0.2, 0.25) is 11.8 Å². The molecule has 2 saturated heterocycles. The van der Waals surface area contributed by atoms with E-state index < -0.39 is 42.4 Å². The van der Waals surface area contributed by atoms with Gasteiger partial charge >= 0.3 is 12.2 Å². The number of carbonyl (C=O) groups is 4. The molecule has 4 N–H and O–H groups in total. The van der Waals surface area contributed by atoms with E-state index in [1.807, 2.05) is 44.2 Å². The van der Waals surface area contributed by atoms with Gasteiger partial charge in [-0.15, -0.1) is 0 Å². The molecule has 0 spiro atoms. The molecule has 4 aromatic rings. The Morgan fingerprint density at radius 1 is 0.855 bits per heavy atom. The second-order valence-corrected chi connectivity index (χ2v) is 14.5. The van der Waals surface area contributed by atoms with Crippen molar-refractivity contribution in [3.8, 4) is 11.3 Å². The molecule has 2 aliphatic rings. The molecular weight excluding hydrogens is 711 g/mol. The first kappa shape index (κ1) is 38.8. The molecule has 5 heterocycles. The van der Waals surface area contributed by atoms with Crippen molar-refractivity contribution in [2.45, 2.75) is 77.3 Å². The van der Waals surface area contributed by atoms with Gasteiger partial charge in [-0.1, -0.05) is 33.8 Å². The van der Waals surface area contributed by atoms with E-state index in [1.54, 1.807) is 37.3 Å². The Labute approximate surface area is 317 Å². The fourth-order valence-corrected chi connectivity index (χ4v) is 7.06. The Balaban J connectivity index is 1.12. The second kappa shape index (κ2) is 16.7. The largest absolute Gasteiger partial charge is 0.453 e. The Morgan fingerprint density at radius 2 is 1.55 bits per heavy atom. The minimum Gasteiger partial charge on any atom is -0.453 e. The van der Waals surface area contributed by atoms with Crippen LogP contribution >= 0.6 is 0 Å². The van der Waals surface area contributed by atoms with E-state index in [0.29, 0.717) is 40.6 Å². The summed E-state index contributed by atoms with van der Waals surface area (Å²) in [5, 5.41) is 5.24. The summed E-state index contributed by atoms with van der Waals surface area (Å²) in [4.78, 5) is 79.0. The van der Waals surface area contributed by atoms with E-state index >= 15 is 0 Å². The number of rotatable bonds is 11. The highest BCUT2D eigenvalue weighted by Crippen LogP contribution is 2.35.